The zero-order chi connectivity index (χ0) is 14.1. The molecule has 0 amide bonds. The fourth-order valence-corrected chi connectivity index (χ4v) is 3.06. The molecule has 0 saturated heterocycles. The van der Waals surface area contributed by atoms with Crippen molar-refractivity contribution in [3.8, 4) is 5.75 Å². The molecular weight excluding hydrogens is 354 g/mol. The molecule has 0 bridgehead atoms. The number of ether oxygens (including phenoxy) is 1. The van der Waals surface area contributed by atoms with Crippen LogP contribution in [-0.4, -0.2) is 11.7 Å². The van der Waals surface area contributed by atoms with E-state index in [2.05, 4.69) is 15.9 Å². The summed E-state index contributed by atoms with van der Waals surface area (Å²) in [7, 11) is 0. The first-order chi connectivity index (χ1) is 9.70. The highest BCUT2D eigenvalue weighted by atomic mass is 79.9. The van der Waals surface area contributed by atoms with Gasteiger partial charge in [0.25, 0.3) is 0 Å². The molecule has 0 aromatic heterocycles. The topological polar surface area (TPSA) is 55.5 Å². The van der Waals surface area contributed by atoms with Gasteiger partial charge in [0.15, 0.2) is 0 Å². The number of nitrogens with two attached hydrogens (primary N) is 1. The largest absolute Gasteiger partial charge is 0.506 e. The minimum Gasteiger partial charge on any atom is -0.506 e. The summed E-state index contributed by atoms with van der Waals surface area (Å²) in [6.45, 7) is 0.400. The molecule has 0 aliphatic carbocycles. The van der Waals surface area contributed by atoms with Gasteiger partial charge < -0.3 is 15.6 Å². The molecule has 0 unspecified atom stereocenters. The molecule has 0 spiro atoms. The Morgan fingerprint density at radius 3 is 2.57 bits per heavy atom. The first-order valence-corrected chi connectivity index (χ1v) is 7.40. The van der Waals surface area contributed by atoms with Crippen LogP contribution in [0.25, 0.3) is 0 Å². The lowest BCUT2D eigenvalue weighted by Crippen LogP contribution is -2.25. The van der Waals surface area contributed by atoms with Gasteiger partial charge in [-0.2, -0.15) is 0 Å². The second kappa shape index (κ2) is 6.79. The highest BCUT2D eigenvalue weighted by molar-refractivity contribution is 9.10. The average Bonchev–Trinajstić information content (AvgIpc) is 2.51. The summed E-state index contributed by atoms with van der Waals surface area (Å²) < 4.78 is 6.80. The lowest BCUT2D eigenvalue weighted by atomic mass is 9.90. The van der Waals surface area contributed by atoms with E-state index in [4.69, 9.17) is 10.5 Å². The lowest BCUT2D eigenvalue weighted by Gasteiger charge is -2.32. The predicted octanol–water partition coefficient (Wildman–Crippen LogP) is 3.89. The third kappa shape index (κ3) is 3.09. The van der Waals surface area contributed by atoms with Crippen LogP contribution in [0.15, 0.2) is 46.9 Å². The molecule has 0 saturated carbocycles. The third-order valence-electron chi connectivity index (χ3n) is 3.72. The number of benzene rings is 2. The molecule has 0 fully saturated rings. The minimum absolute atomic E-state index is 0. The van der Waals surface area contributed by atoms with E-state index in [9.17, 15) is 5.11 Å². The molecule has 21 heavy (non-hydrogen) atoms. The van der Waals surface area contributed by atoms with Crippen molar-refractivity contribution in [2.24, 2.45) is 5.73 Å². The normalized spacial score (nSPS) is 20.5. The van der Waals surface area contributed by atoms with Crippen molar-refractivity contribution < 1.29 is 9.84 Å². The van der Waals surface area contributed by atoms with Crippen molar-refractivity contribution in [2.75, 3.05) is 6.54 Å². The first kappa shape index (κ1) is 16.3. The predicted molar refractivity (Wildman–Crippen MR) is 88.8 cm³/mol. The number of aromatic hydroxyl groups is 1. The van der Waals surface area contributed by atoms with E-state index in [1.807, 2.05) is 42.5 Å². The minimum atomic E-state index is -0.178. The number of phenolic OH excluding ortho intramolecular Hbond substituents is 1. The summed E-state index contributed by atoms with van der Waals surface area (Å²) in [5.74, 6) is 0.296. The molecule has 2 atom stereocenters. The van der Waals surface area contributed by atoms with Crippen molar-refractivity contribution in [3.05, 3.63) is 63.6 Å². The Hall–Kier alpha value is -1.07. The Balaban J connectivity index is 0.00000161. The molecule has 1 heterocycles. The van der Waals surface area contributed by atoms with Crippen LogP contribution in [0, 0.1) is 0 Å². The van der Waals surface area contributed by atoms with E-state index in [1.54, 1.807) is 0 Å². The monoisotopic (exact) mass is 369 g/mol. The summed E-state index contributed by atoms with van der Waals surface area (Å²) >= 11 is 3.37. The van der Waals surface area contributed by atoms with Gasteiger partial charge in [0.05, 0.1) is 16.7 Å². The van der Waals surface area contributed by atoms with Crippen LogP contribution in [0.3, 0.4) is 0 Å². The maximum absolute atomic E-state index is 10.3. The van der Waals surface area contributed by atoms with E-state index < -0.39 is 0 Å². The van der Waals surface area contributed by atoms with Crippen molar-refractivity contribution >= 4 is 28.3 Å². The molecule has 112 valence electrons. The molecule has 2 aromatic rings. The van der Waals surface area contributed by atoms with Gasteiger partial charge in [-0.1, -0.05) is 36.4 Å². The molecule has 5 heteroatoms. The third-order valence-corrected chi connectivity index (χ3v) is 4.36. The number of rotatable bonds is 2. The zero-order valence-corrected chi connectivity index (χ0v) is 13.7. The maximum atomic E-state index is 10.3. The van der Waals surface area contributed by atoms with E-state index in [1.165, 1.54) is 0 Å². The Morgan fingerprint density at radius 1 is 1.19 bits per heavy atom. The molecule has 2 aromatic carbocycles. The lowest BCUT2D eigenvalue weighted by molar-refractivity contribution is -0.0230. The van der Waals surface area contributed by atoms with Crippen molar-refractivity contribution in [1.29, 1.82) is 0 Å². The van der Waals surface area contributed by atoms with Crippen molar-refractivity contribution in [1.82, 2.24) is 0 Å². The van der Waals surface area contributed by atoms with Gasteiger partial charge in [-0.25, -0.2) is 0 Å². The quantitative estimate of drug-likeness (QED) is 0.843. The Morgan fingerprint density at radius 2 is 1.90 bits per heavy atom. The van der Waals surface area contributed by atoms with Gasteiger partial charge in [-0.15, -0.1) is 12.4 Å². The van der Waals surface area contributed by atoms with Crippen LogP contribution in [0.5, 0.6) is 5.75 Å². The number of hydrogen-bond donors (Lipinski definition) is 2. The number of phenols is 1. The molecule has 1 aliphatic heterocycles. The fraction of sp³-hybridized carbons (Fsp3) is 0.250. The highest BCUT2D eigenvalue weighted by Gasteiger charge is 2.30. The van der Waals surface area contributed by atoms with E-state index in [0.29, 0.717) is 23.2 Å². The van der Waals surface area contributed by atoms with Gasteiger partial charge in [-0.05, 0) is 33.1 Å². The Kier molecular flexibility index (Phi) is 5.27. The van der Waals surface area contributed by atoms with Crippen molar-refractivity contribution in [3.63, 3.8) is 0 Å². The van der Waals surface area contributed by atoms with Crippen LogP contribution >= 0.6 is 28.3 Å². The number of hydrogen-bond acceptors (Lipinski definition) is 3. The van der Waals surface area contributed by atoms with E-state index in [0.717, 1.165) is 16.7 Å². The Bertz CT molecular complexity index is 621. The summed E-state index contributed by atoms with van der Waals surface area (Å²) in [6, 6.07) is 13.9. The summed E-state index contributed by atoms with van der Waals surface area (Å²) in [4.78, 5) is 0. The van der Waals surface area contributed by atoms with Crippen LogP contribution in [0.2, 0.25) is 0 Å². The average molecular weight is 371 g/mol. The molecule has 3 rings (SSSR count). The smallest absolute Gasteiger partial charge is 0.133 e. The maximum Gasteiger partial charge on any atom is 0.133 e. The standard InChI is InChI=1S/C16H16BrNO2.ClH/c17-13-7-6-11-12(16(13)19)8-14(20-15(11)9-18)10-4-2-1-3-5-10;/h1-7,14-15,19H,8-9,18H2;1H/t14-,15+;/m1./s1. The second-order valence-corrected chi connectivity index (χ2v) is 5.78. The van der Waals surface area contributed by atoms with Gasteiger partial charge in [0.2, 0.25) is 0 Å². The molecule has 3 nitrogen and oxygen atoms in total. The van der Waals surface area contributed by atoms with E-state index in [-0.39, 0.29) is 24.6 Å². The van der Waals surface area contributed by atoms with Crippen LogP contribution in [0.1, 0.15) is 28.9 Å². The second-order valence-electron chi connectivity index (χ2n) is 4.93. The molecule has 1 aliphatic rings. The van der Waals surface area contributed by atoms with Crippen LogP contribution in [0.4, 0.5) is 0 Å². The number of halogens is 2. The summed E-state index contributed by atoms with van der Waals surface area (Å²) in [6.07, 6.45) is 0.404. The zero-order valence-electron chi connectivity index (χ0n) is 11.3. The highest BCUT2D eigenvalue weighted by Crippen LogP contribution is 2.43. The van der Waals surface area contributed by atoms with Gasteiger partial charge in [0.1, 0.15) is 5.75 Å². The molecular formula is C16H17BrClNO2. The number of fused-ring (bicyclic) bond motifs is 1. The van der Waals surface area contributed by atoms with Gasteiger partial charge >= 0.3 is 0 Å². The molecule has 3 N–H and O–H groups in total. The first-order valence-electron chi connectivity index (χ1n) is 6.61. The van der Waals surface area contributed by atoms with Crippen LogP contribution in [-0.2, 0) is 11.2 Å². The van der Waals surface area contributed by atoms with Crippen LogP contribution < -0.4 is 5.73 Å². The van der Waals surface area contributed by atoms with Gasteiger partial charge in [0, 0.05) is 18.5 Å². The van der Waals surface area contributed by atoms with Crippen molar-refractivity contribution in [2.45, 2.75) is 18.6 Å². The SMILES string of the molecule is Cl.NC[C@@H]1O[C@@H](c2ccccc2)Cc2c1ccc(Br)c2O. The van der Waals surface area contributed by atoms with E-state index >= 15 is 0 Å². The fourth-order valence-electron chi connectivity index (χ4n) is 2.69. The summed E-state index contributed by atoms with van der Waals surface area (Å²) in [5, 5.41) is 10.3. The summed E-state index contributed by atoms with van der Waals surface area (Å²) in [5.41, 5.74) is 8.85. The molecule has 0 radical (unpaired) electrons. The Labute approximate surface area is 138 Å². The van der Waals surface area contributed by atoms with Gasteiger partial charge in [-0.3, -0.25) is 0 Å².